The Labute approximate surface area is 152 Å². The average molecular weight is 347 g/mol. The van der Waals surface area contributed by atoms with E-state index in [1.54, 1.807) is 0 Å². The molecule has 1 unspecified atom stereocenters. The maximum Gasteiger partial charge on any atom is 0.254 e. The van der Waals surface area contributed by atoms with Gasteiger partial charge in [-0.25, -0.2) is 0 Å². The van der Waals surface area contributed by atoms with Crippen LogP contribution in [0.1, 0.15) is 46.3 Å². The number of aromatic nitrogens is 2. The summed E-state index contributed by atoms with van der Waals surface area (Å²) in [5, 5.41) is 4.10. The van der Waals surface area contributed by atoms with Gasteiger partial charge in [0.15, 0.2) is 0 Å². The van der Waals surface area contributed by atoms with Crippen LogP contribution in [0.2, 0.25) is 0 Å². The monoisotopic (exact) mass is 347 g/mol. The van der Waals surface area contributed by atoms with Crippen LogP contribution in [0.15, 0.2) is 53.1 Å². The lowest BCUT2D eigenvalue weighted by Crippen LogP contribution is -2.30. The van der Waals surface area contributed by atoms with Crippen molar-refractivity contribution in [2.24, 2.45) is 0 Å². The first kappa shape index (κ1) is 16.5. The number of rotatable bonds is 3. The smallest absolute Gasteiger partial charge is 0.254 e. The van der Waals surface area contributed by atoms with Crippen LogP contribution in [0.4, 0.5) is 0 Å². The standard InChI is InChI=1S/C21H21N3O2/c1-14-10-11-17(13-15(14)2)21(25)24-12-6-9-18(24)20-22-19(23-26-20)16-7-4-3-5-8-16/h3-5,7-8,10-11,13,18H,6,9,12H2,1-2H3. The van der Waals surface area contributed by atoms with Gasteiger partial charge in [0.25, 0.3) is 5.91 Å². The molecule has 132 valence electrons. The largest absolute Gasteiger partial charge is 0.337 e. The number of aryl methyl sites for hydroxylation is 2. The fourth-order valence-electron chi connectivity index (χ4n) is 3.38. The van der Waals surface area contributed by atoms with Crippen molar-refractivity contribution in [1.29, 1.82) is 0 Å². The predicted molar refractivity (Wildman–Crippen MR) is 98.7 cm³/mol. The van der Waals surface area contributed by atoms with Crippen LogP contribution in [0.25, 0.3) is 11.4 Å². The van der Waals surface area contributed by atoms with Gasteiger partial charge in [-0.2, -0.15) is 4.98 Å². The van der Waals surface area contributed by atoms with E-state index in [-0.39, 0.29) is 11.9 Å². The van der Waals surface area contributed by atoms with Crippen molar-refractivity contribution >= 4 is 5.91 Å². The second-order valence-electron chi connectivity index (χ2n) is 6.78. The molecule has 1 aliphatic rings. The van der Waals surface area contributed by atoms with Gasteiger partial charge < -0.3 is 9.42 Å². The van der Waals surface area contributed by atoms with E-state index in [1.165, 1.54) is 5.56 Å². The van der Waals surface area contributed by atoms with E-state index >= 15 is 0 Å². The van der Waals surface area contributed by atoms with Crippen molar-refractivity contribution in [3.63, 3.8) is 0 Å². The minimum atomic E-state index is -0.158. The van der Waals surface area contributed by atoms with Crippen molar-refractivity contribution in [2.45, 2.75) is 32.7 Å². The first-order valence-electron chi connectivity index (χ1n) is 8.91. The van der Waals surface area contributed by atoms with Gasteiger partial charge >= 0.3 is 0 Å². The second kappa shape index (κ2) is 6.75. The Bertz CT molecular complexity index is 933. The summed E-state index contributed by atoms with van der Waals surface area (Å²) in [7, 11) is 0. The average Bonchev–Trinajstić information content (AvgIpc) is 3.33. The SMILES string of the molecule is Cc1ccc(C(=O)N2CCCC2c2nc(-c3ccccc3)no2)cc1C. The van der Waals surface area contributed by atoms with Crippen molar-refractivity contribution in [1.82, 2.24) is 15.0 Å². The summed E-state index contributed by atoms with van der Waals surface area (Å²) >= 11 is 0. The number of hydrogen-bond donors (Lipinski definition) is 0. The van der Waals surface area contributed by atoms with E-state index in [9.17, 15) is 4.79 Å². The maximum atomic E-state index is 13.0. The first-order chi connectivity index (χ1) is 12.6. The summed E-state index contributed by atoms with van der Waals surface area (Å²) in [6.45, 7) is 4.78. The molecule has 1 atom stereocenters. The lowest BCUT2D eigenvalue weighted by atomic mass is 10.1. The number of likely N-dealkylation sites (tertiary alicyclic amines) is 1. The number of carbonyl (C=O) groups is 1. The van der Waals surface area contributed by atoms with Gasteiger partial charge in [-0.05, 0) is 49.9 Å². The molecule has 5 nitrogen and oxygen atoms in total. The van der Waals surface area contributed by atoms with Crippen LogP contribution in [-0.4, -0.2) is 27.5 Å². The van der Waals surface area contributed by atoms with Crippen LogP contribution >= 0.6 is 0 Å². The minimum absolute atomic E-state index is 0.0232. The quantitative estimate of drug-likeness (QED) is 0.707. The molecule has 5 heteroatoms. The van der Waals surface area contributed by atoms with Crippen molar-refractivity contribution in [3.8, 4) is 11.4 Å². The molecule has 2 heterocycles. The molecule has 1 fully saturated rings. The van der Waals surface area contributed by atoms with Crippen LogP contribution in [0, 0.1) is 13.8 Å². The molecule has 4 rings (SSSR count). The van der Waals surface area contributed by atoms with Gasteiger partial charge in [0.1, 0.15) is 6.04 Å². The molecule has 3 aromatic rings. The highest BCUT2D eigenvalue weighted by atomic mass is 16.5. The van der Waals surface area contributed by atoms with Gasteiger partial charge in [-0.15, -0.1) is 0 Å². The van der Waals surface area contributed by atoms with Gasteiger partial charge in [0.05, 0.1) is 0 Å². The zero-order chi connectivity index (χ0) is 18.1. The zero-order valence-corrected chi connectivity index (χ0v) is 15.0. The Morgan fingerprint density at radius 1 is 1.12 bits per heavy atom. The number of carbonyl (C=O) groups excluding carboxylic acids is 1. The predicted octanol–water partition coefficient (Wildman–Crippen LogP) is 4.33. The first-order valence-corrected chi connectivity index (χ1v) is 8.91. The topological polar surface area (TPSA) is 59.2 Å². The molecule has 1 aromatic heterocycles. The molecule has 0 N–H and O–H groups in total. The van der Waals surface area contributed by atoms with Gasteiger partial charge in [0.2, 0.25) is 11.7 Å². The number of benzene rings is 2. The van der Waals surface area contributed by atoms with Gasteiger partial charge in [-0.1, -0.05) is 41.6 Å². The van der Waals surface area contributed by atoms with Crippen molar-refractivity contribution < 1.29 is 9.32 Å². The molecule has 0 radical (unpaired) electrons. The summed E-state index contributed by atoms with van der Waals surface area (Å²) in [6.07, 6.45) is 1.78. The highest BCUT2D eigenvalue weighted by Crippen LogP contribution is 2.33. The molecule has 1 saturated heterocycles. The van der Waals surface area contributed by atoms with Crippen LogP contribution in [0.3, 0.4) is 0 Å². The lowest BCUT2D eigenvalue weighted by Gasteiger charge is -2.22. The third kappa shape index (κ3) is 3.01. The van der Waals surface area contributed by atoms with Crippen LogP contribution in [0.5, 0.6) is 0 Å². The second-order valence-corrected chi connectivity index (χ2v) is 6.78. The third-order valence-corrected chi connectivity index (χ3v) is 5.03. The Morgan fingerprint density at radius 3 is 2.69 bits per heavy atom. The molecule has 1 amide bonds. The summed E-state index contributed by atoms with van der Waals surface area (Å²) in [4.78, 5) is 19.4. The lowest BCUT2D eigenvalue weighted by molar-refractivity contribution is 0.0710. The highest BCUT2D eigenvalue weighted by molar-refractivity contribution is 5.95. The Morgan fingerprint density at radius 2 is 1.92 bits per heavy atom. The van der Waals surface area contributed by atoms with E-state index in [1.807, 2.05) is 67.3 Å². The molecule has 0 bridgehead atoms. The molecule has 0 aliphatic carbocycles. The Hall–Kier alpha value is -2.95. The molecule has 1 aliphatic heterocycles. The fraction of sp³-hybridized carbons (Fsp3) is 0.286. The molecular formula is C21H21N3O2. The zero-order valence-electron chi connectivity index (χ0n) is 15.0. The molecule has 0 spiro atoms. The maximum absolute atomic E-state index is 13.0. The van der Waals surface area contributed by atoms with E-state index in [4.69, 9.17) is 4.52 Å². The molecule has 26 heavy (non-hydrogen) atoms. The summed E-state index contributed by atoms with van der Waals surface area (Å²) in [5.74, 6) is 1.10. The minimum Gasteiger partial charge on any atom is -0.337 e. The molecular weight excluding hydrogens is 326 g/mol. The highest BCUT2D eigenvalue weighted by Gasteiger charge is 2.34. The van der Waals surface area contributed by atoms with E-state index in [2.05, 4.69) is 10.1 Å². The van der Waals surface area contributed by atoms with Gasteiger partial charge in [0, 0.05) is 17.7 Å². The molecule has 0 saturated carbocycles. The van der Waals surface area contributed by atoms with Crippen LogP contribution in [-0.2, 0) is 0 Å². The third-order valence-electron chi connectivity index (χ3n) is 5.03. The van der Waals surface area contributed by atoms with Gasteiger partial charge in [-0.3, -0.25) is 4.79 Å². The Kier molecular flexibility index (Phi) is 4.29. The van der Waals surface area contributed by atoms with Crippen molar-refractivity contribution in [3.05, 3.63) is 71.1 Å². The van der Waals surface area contributed by atoms with E-state index < -0.39 is 0 Å². The van der Waals surface area contributed by atoms with Crippen LogP contribution < -0.4 is 0 Å². The summed E-state index contributed by atoms with van der Waals surface area (Å²) in [5.41, 5.74) is 3.93. The normalized spacial score (nSPS) is 16.8. The number of hydrogen-bond acceptors (Lipinski definition) is 4. The number of amides is 1. The molecule has 2 aromatic carbocycles. The summed E-state index contributed by atoms with van der Waals surface area (Å²) in [6, 6.07) is 15.4. The Balaban J connectivity index is 1.60. The fourth-order valence-corrected chi connectivity index (χ4v) is 3.38. The van der Waals surface area contributed by atoms with E-state index in [0.29, 0.717) is 23.8 Å². The summed E-state index contributed by atoms with van der Waals surface area (Å²) < 4.78 is 5.51. The number of nitrogens with zero attached hydrogens (tertiary/aromatic N) is 3. The van der Waals surface area contributed by atoms with Crippen molar-refractivity contribution in [2.75, 3.05) is 6.54 Å². The van der Waals surface area contributed by atoms with E-state index in [0.717, 1.165) is 24.0 Å².